The zero-order valence-electron chi connectivity index (χ0n) is 11.5. The Morgan fingerprint density at radius 2 is 2.15 bits per heavy atom. The van der Waals surface area contributed by atoms with Gasteiger partial charge in [0.15, 0.2) is 5.78 Å². The van der Waals surface area contributed by atoms with E-state index >= 15 is 0 Å². The number of aliphatic carboxylic acids is 1. The Morgan fingerprint density at radius 1 is 1.45 bits per heavy atom. The molecule has 0 saturated carbocycles. The number of nitrogens with zero attached hydrogens (tertiary/aromatic N) is 2. The Kier molecular flexibility index (Phi) is 3.70. The third kappa shape index (κ3) is 2.47. The molecule has 5 heteroatoms. The van der Waals surface area contributed by atoms with Crippen LogP contribution in [-0.2, 0) is 17.8 Å². The van der Waals surface area contributed by atoms with Crippen molar-refractivity contribution in [2.45, 2.75) is 26.8 Å². The third-order valence-corrected chi connectivity index (χ3v) is 3.05. The number of fused-ring (bicyclic) bond motifs is 1. The first-order valence-corrected chi connectivity index (χ1v) is 6.27. The van der Waals surface area contributed by atoms with Crippen molar-refractivity contribution < 1.29 is 14.7 Å². The van der Waals surface area contributed by atoms with Gasteiger partial charge in [0.05, 0.1) is 5.52 Å². The summed E-state index contributed by atoms with van der Waals surface area (Å²) in [4.78, 5) is 22.7. The van der Waals surface area contributed by atoms with Crippen LogP contribution in [0.4, 0.5) is 0 Å². The molecule has 0 unspecified atom stereocenters. The lowest BCUT2D eigenvalue weighted by Gasteiger charge is -2.06. The molecule has 1 heterocycles. The van der Waals surface area contributed by atoms with E-state index in [1.54, 1.807) is 6.08 Å². The van der Waals surface area contributed by atoms with Gasteiger partial charge in [0, 0.05) is 12.3 Å². The van der Waals surface area contributed by atoms with E-state index in [4.69, 9.17) is 5.11 Å². The molecular weight excluding hydrogens is 256 g/mol. The van der Waals surface area contributed by atoms with Crippen LogP contribution < -0.4 is 0 Å². The quantitative estimate of drug-likeness (QED) is 0.670. The zero-order valence-corrected chi connectivity index (χ0v) is 11.5. The van der Waals surface area contributed by atoms with Gasteiger partial charge in [-0.2, -0.15) is 5.10 Å². The summed E-state index contributed by atoms with van der Waals surface area (Å²) in [6.45, 7) is 6.81. The summed E-state index contributed by atoms with van der Waals surface area (Å²) in [5.41, 5.74) is 2.95. The van der Waals surface area contributed by atoms with Crippen molar-refractivity contribution in [3.8, 4) is 0 Å². The van der Waals surface area contributed by atoms with Gasteiger partial charge in [0.1, 0.15) is 12.2 Å². The van der Waals surface area contributed by atoms with Gasteiger partial charge in [0.25, 0.3) is 0 Å². The summed E-state index contributed by atoms with van der Waals surface area (Å²) < 4.78 is 1.38. The molecule has 1 N–H and O–H groups in total. The van der Waals surface area contributed by atoms with E-state index in [2.05, 4.69) is 11.7 Å². The van der Waals surface area contributed by atoms with Gasteiger partial charge in [-0.05, 0) is 25.0 Å². The average molecular weight is 272 g/mol. The number of rotatable bonds is 5. The SMILES string of the molecule is C=CCc1cc(C)cc2c(C(C)=O)nn(CC(=O)O)c12. The average Bonchev–Trinajstić information content (AvgIpc) is 2.67. The number of hydrogen-bond donors (Lipinski definition) is 1. The molecule has 0 fully saturated rings. The highest BCUT2D eigenvalue weighted by atomic mass is 16.4. The fourth-order valence-corrected chi connectivity index (χ4v) is 2.38. The second-order valence-electron chi connectivity index (χ2n) is 4.77. The predicted molar refractivity (Wildman–Crippen MR) is 76.0 cm³/mol. The summed E-state index contributed by atoms with van der Waals surface area (Å²) in [6.07, 6.45) is 2.35. The number of aryl methyl sites for hydroxylation is 1. The molecule has 1 aromatic heterocycles. The number of ketones is 1. The predicted octanol–water partition coefficient (Wildman–Crippen LogP) is 2.36. The maximum absolute atomic E-state index is 11.7. The summed E-state index contributed by atoms with van der Waals surface area (Å²) in [5, 5.41) is 13.9. The summed E-state index contributed by atoms with van der Waals surface area (Å²) >= 11 is 0. The number of Topliss-reactive ketones (excluding diaryl/α,β-unsaturated/α-hetero) is 1. The topological polar surface area (TPSA) is 72.2 Å². The summed E-state index contributed by atoms with van der Waals surface area (Å²) in [5.74, 6) is -1.16. The highest BCUT2D eigenvalue weighted by molar-refractivity contribution is 6.06. The molecule has 104 valence electrons. The number of benzene rings is 1. The minimum absolute atomic E-state index is 0.172. The summed E-state index contributed by atoms with van der Waals surface area (Å²) in [6, 6.07) is 3.83. The largest absolute Gasteiger partial charge is 0.480 e. The van der Waals surface area contributed by atoms with Crippen LogP contribution in [0.25, 0.3) is 10.9 Å². The molecule has 0 aliphatic carbocycles. The van der Waals surface area contributed by atoms with Crippen LogP contribution in [-0.4, -0.2) is 26.6 Å². The lowest BCUT2D eigenvalue weighted by Crippen LogP contribution is -2.11. The van der Waals surface area contributed by atoms with Crippen molar-refractivity contribution in [1.29, 1.82) is 0 Å². The van der Waals surface area contributed by atoms with E-state index in [1.807, 2.05) is 19.1 Å². The Morgan fingerprint density at radius 3 is 2.70 bits per heavy atom. The van der Waals surface area contributed by atoms with E-state index < -0.39 is 5.97 Å². The smallest absolute Gasteiger partial charge is 0.325 e. The van der Waals surface area contributed by atoms with Gasteiger partial charge < -0.3 is 5.11 Å². The van der Waals surface area contributed by atoms with Crippen LogP contribution in [0.3, 0.4) is 0 Å². The fourth-order valence-electron chi connectivity index (χ4n) is 2.38. The molecule has 0 saturated heterocycles. The molecule has 0 aliphatic heterocycles. The van der Waals surface area contributed by atoms with Crippen LogP contribution in [0, 0.1) is 6.92 Å². The van der Waals surface area contributed by atoms with Crippen molar-refractivity contribution >= 4 is 22.7 Å². The molecule has 0 amide bonds. The van der Waals surface area contributed by atoms with Gasteiger partial charge >= 0.3 is 5.97 Å². The number of carbonyl (C=O) groups is 2. The number of carboxylic acid groups (broad SMARTS) is 1. The van der Waals surface area contributed by atoms with Crippen molar-refractivity contribution in [3.63, 3.8) is 0 Å². The van der Waals surface area contributed by atoms with Gasteiger partial charge in [-0.15, -0.1) is 6.58 Å². The number of hydrogen-bond acceptors (Lipinski definition) is 3. The second-order valence-corrected chi connectivity index (χ2v) is 4.77. The first kappa shape index (κ1) is 14.0. The summed E-state index contributed by atoms with van der Waals surface area (Å²) in [7, 11) is 0. The van der Waals surface area contributed by atoms with Gasteiger partial charge in [-0.3, -0.25) is 14.3 Å². The first-order valence-electron chi connectivity index (χ1n) is 6.27. The third-order valence-electron chi connectivity index (χ3n) is 3.05. The molecule has 0 bridgehead atoms. The minimum atomic E-state index is -0.991. The molecule has 20 heavy (non-hydrogen) atoms. The molecular formula is C15H16N2O3. The lowest BCUT2D eigenvalue weighted by atomic mass is 10.0. The molecule has 2 rings (SSSR count). The van der Waals surface area contributed by atoms with Crippen LogP contribution >= 0.6 is 0 Å². The minimum Gasteiger partial charge on any atom is -0.480 e. The highest BCUT2D eigenvalue weighted by Gasteiger charge is 2.18. The number of aromatic nitrogens is 2. The van der Waals surface area contributed by atoms with Gasteiger partial charge in [-0.25, -0.2) is 0 Å². The molecule has 0 aliphatic rings. The Balaban J connectivity index is 2.81. The molecule has 1 aromatic carbocycles. The second kappa shape index (κ2) is 5.28. The number of carbonyl (C=O) groups excluding carboxylic acids is 1. The Hall–Kier alpha value is -2.43. The molecule has 0 radical (unpaired) electrons. The molecule has 0 spiro atoms. The van der Waals surface area contributed by atoms with Crippen LogP contribution in [0.15, 0.2) is 24.8 Å². The Labute approximate surface area is 116 Å². The van der Waals surface area contributed by atoms with Crippen LogP contribution in [0.1, 0.15) is 28.5 Å². The van der Waals surface area contributed by atoms with Crippen molar-refractivity contribution in [2.75, 3.05) is 0 Å². The van der Waals surface area contributed by atoms with E-state index in [-0.39, 0.29) is 12.3 Å². The van der Waals surface area contributed by atoms with Crippen molar-refractivity contribution in [1.82, 2.24) is 9.78 Å². The maximum Gasteiger partial charge on any atom is 0.325 e. The molecule has 5 nitrogen and oxygen atoms in total. The maximum atomic E-state index is 11.7. The lowest BCUT2D eigenvalue weighted by molar-refractivity contribution is -0.137. The monoisotopic (exact) mass is 272 g/mol. The first-order chi connectivity index (χ1) is 9.43. The van der Waals surface area contributed by atoms with E-state index in [0.717, 1.165) is 11.1 Å². The van der Waals surface area contributed by atoms with E-state index in [9.17, 15) is 9.59 Å². The molecule has 2 aromatic rings. The standard InChI is InChI=1S/C15H16N2O3/c1-4-5-11-6-9(2)7-12-14(10(3)18)16-17(15(11)12)8-13(19)20/h4,6-7H,1,5,8H2,2-3H3,(H,19,20). The van der Waals surface area contributed by atoms with Crippen LogP contribution in [0.2, 0.25) is 0 Å². The Bertz CT molecular complexity index is 713. The number of carboxylic acids is 1. The van der Waals surface area contributed by atoms with Crippen molar-refractivity contribution in [2.24, 2.45) is 0 Å². The van der Waals surface area contributed by atoms with Crippen molar-refractivity contribution in [3.05, 3.63) is 41.6 Å². The highest BCUT2D eigenvalue weighted by Crippen LogP contribution is 2.25. The zero-order chi connectivity index (χ0) is 14.9. The van der Waals surface area contributed by atoms with Gasteiger partial charge in [-0.1, -0.05) is 17.7 Å². The van der Waals surface area contributed by atoms with E-state index in [0.29, 0.717) is 23.0 Å². The number of allylic oxidation sites excluding steroid dienone is 1. The van der Waals surface area contributed by atoms with Gasteiger partial charge in [0.2, 0.25) is 0 Å². The normalized spacial score (nSPS) is 10.7. The molecule has 0 atom stereocenters. The van der Waals surface area contributed by atoms with Crippen LogP contribution in [0.5, 0.6) is 0 Å². The fraction of sp³-hybridized carbons (Fsp3) is 0.267. The van der Waals surface area contributed by atoms with E-state index in [1.165, 1.54) is 11.6 Å².